The van der Waals surface area contributed by atoms with Crippen LogP contribution in [0.4, 0.5) is 0 Å². The quantitative estimate of drug-likeness (QED) is 0.175. The van der Waals surface area contributed by atoms with Crippen LogP contribution >= 0.6 is 0 Å². The van der Waals surface area contributed by atoms with Crippen LogP contribution in [0.5, 0.6) is 0 Å². The van der Waals surface area contributed by atoms with E-state index in [1.807, 2.05) is 54.9 Å². The van der Waals surface area contributed by atoms with Gasteiger partial charge >= 0.3 is 0 Å². The SMILES string of the molecule is [Ir].[c-]1ccc(-c2cccc(-c3cc(-c4ccccc4)cc(-c4ccccn4)c3)c2)cc1-c1ccccn1. The molecule has 0 saturated carbocycles. The maximum absolute atomic E-state index is 4.61. The van der Waals surface area contributed by atoms with Crippen LogP contribution in [0.2, 0.25) is 0 Å². The van der Waals surface area contributed by atoms with Crippen molar-refractivity contribution in [1.82, 2.24) is 9.97 Å². The number of aromatic nitrogens is 2. The molecule has 1 radical (unpaired) electrons. The van der Waals surface area contributed by atoms with Crippen molar-refractivity contribution < 1.29 is 20.1 Å². The standard InChI is InChI=1S/C34H23N2.Ir/c1-2-10-25(11-3-1)30-22-31(24-32(23-30)34-17-5-7-19-36-34)28-14-8-12-26(20-28)27-13-9-15-29(21-27)33-16-4-6-18-35-33;/h1-14,16-24H;/q-1;. The van der Waals surface area contributed by atoms with Gasteiger partial charge in [0.1, 0.15) is 0 Å². The van der Waals surface area contributed by atoms with Crippen molar-refractivity contribution in [3.05, 3.63) is 146 Å². The van der Waals surface area contributed by atoms with Crippen molar-refractivity contribution in [1.29, 1.82) is 0 Å². The summed E-state index contributed by atoms with van der Waals surface area (Å²) in [5.41, 5.74) is 10.9. The van der Waals surface area contributed by atoms with Crippen LogP contribution in [-0.4, -0.2) is 9.97 Å². The summed E-state index contributed by atoms with van der Waals surface area (Å²) >= 11 is 0. The molecule has 6 rings (SSSR count). The van der Waals surface area contributed by atoms with Crippen LogP contribution in [0, 0.1) is 6.07 Å². The van der Waals surface area contributed by atoms with E-state index < -0.39 is 0 Å². The van der Waals surface area contributed by atoms with Crippen molar-refractivity contribution in [2.75, 3.05) is 0 Å². The first-order valence-electron chi connectivity index (χ1n) is 12.0. The summed E-state index contributed by atoms with van der Waals surface area (Å²) in [6.07, 6.45) is 3.66. The maximum Gasteiger partial charge on any atom is 0.0702 e. The van der Waals surface area contributed by atoms with Crippen molar-refractivity contribution in [2.45, 2.75) is 0 Å². The Hall–Kier alpha value is -4.17. The first-order chi connectivity index (χ1) is 17.8. The number of rotatable bonds is 5. The topological polar surface area (TPSA) is 25.8 Å². The molecule has 0 atom stereocenters. The van der Waals surface area contributed by atoms with Gasteiger partial charge in [0.15, 0.2) is 0 Å². The number of hydrogen-bond acceptors (Lipinski definition) is 2. The predicted molar refractivity (Wildman–Crippen MR) is 148 cm³/mol. The van der Waals surface area contributed by atoms with Gasteiger partial charge in [-0.15, -0.1) is 35.4 Å². The van der Waals surface area contributed by atoms with E-state index in [4.69, 9.17) is 0 Å². The average Bonchev–Trinajstić information content (AvgIpc) is 2.98. The Morgan fingerprint density at radius 2 is 0.946 bits per heavy atom. The second kappa shape index (κ2) is 11.3. The molecule has 179 valence electrons. The Balaban J connectivity index is 0.00000280. The molecule has 0 unspecified atom stereocenters. The molecule has 2 aromatic heterocycles. The van der Waals surface area contributed by atoms with E-state index in [1.165, 1.54) is 11.1 Å². The Morgan fingerprint density at radius 1 is 0.405 bits per heavy atom. The minimum Gasteiger partial charge on any atom is -0.305 e. The molecule has 0 amide bonds. The van der Waals surface area contributed by atoms with Crippen molar-refractivity contribution in [3.8, 4) is 55.9 Å². The molecular weight excluding hydrogens is 629 g/mol. The molecule has 0 aliphatic rings. The Bertz CT molecular complexity index is 1560. The Labute approximate surface area is 231 Å². The summed E-state index contributed by atoms with van der Waals surface area (Å²) in [6.45, 7) is 0. The smallest absolute Gasteiger partial charge is 0.0702 e. The second-order valence-electron chi connectivity index (χ2n) is 8.67. The van der Waals surface area contributed by atoms with E-state index in [-0.39, 0.29) is 20.1 Å². The normalized spacial score (nSPS) is 10.5. The Kier molecular flexibility index (Phi) is 7.46. The molecule has 2 heterocycles. The van der Waals surface area contributed by atoms with E-state index in [1.54, 1.807) is 0 Å². The van der Waals surface area contributed by atoms with Gasteiger partial charge < -0.3 is 4.98 Å². The van der Waals surface area contributed by atoms with Crippen molar-refractivity contribution in [3.63, 3.8) is 0 Å². The molecule has 3 heteroatoms. The number of benzene rings is 4. The van der Waals surface area contributed by atoms with E-state index >= 15 is 0 Å². The minimum atomic E-state index is 0. The molecule has 0 N–H and O–H groups in total. The van der Waals surface area contributed by atoms with Gasteiger partial charge in [-0.05, 0) is 76.0 Å². The molecule has 4 aromatic carbocycles. The van der Waals surface area contributed by atoms with Gasteiger partial charge in [0.05, 0.1) is 5.69 Å². The molecule has 0 spiro atoms. The van der Waals surface area contributed by atoms with E-state index in [2.05, 4.69) is 101 Å². The molecular formula is C34H23IrN2-. The summed E-state index contributed by atoms with van der Waals surface area (Å²) in [7, 11) is 0. The maximum atomic E-state index is 4.61. The average molecular weight is 652 g/mol. The molecule has 37 heavy (non-hydrogen) atoms. The van der Waals surface area contributed by atoms with Crippen LogP contribution < -0.4 is 0 Å². The molecule has 2 nitrogen and oxygen atoms in total. The molecule has 0 aliphatic heterocycles. The summed E-state index contributed by atoms with van der Waals surface area (Å²) in [6, 6.07) is 47.5. The summed E-state index contributed by atoms with van der Waals surface area (Å²) in [4.78, 5) is 9.10. The first kappa shape index (κ1) is 24.5. The molecule has 0 fully saturated rings. The van der Waals surface area contributed by atoms with Crippen molar-refractivity contribution in [2.24, 2.45) is 0 Å². The summed E-state index contributed by atoms with van der Waals surface area (Å²) in [5, 5.41) is 0. The van der Waals surface area contributed by atoms with Crippen LogP contribution in [0.3, 0.4) is 0 Å². The van der Waals surface area contributed by atoms with Gasteiger partial charge in [0, 0.05) is 38.1 Å². The first-order valence-corrected chi connectivity index (χ1v) is 12.0. The zero-order valence-electron chi connectivity index (χ0n) is 20.0. The molecule has 0 bridgehead atoms. The van der Waals surface area contributed by atoms with E-state index in [0.717, 1.165) is 44.8 Å². The summed E-state index contributed by atoms with van der Waals surface area (Å²) < 4.78 is 0. The third kappa shape index (κ3) is 5.49. The van der Waals surface area contributed by atoms with E-state index in [0.29, 0.717) is 0 Å². The number of nitrogens with zero attached hydrogens (tertiary/aromatic N) is 2. The van der Waals surface area contributed by atoms with Gasteiger partial charge in [-0.1, -0.05) is 66.7 Å². The van der Waals surface area contributed by atoms with Crippen LogP contribution in [0.25, 0.3) is 55.9 Å². The second-order valence-corrected chi connectivity index (χ2v) is 8.67. The zero-order valence-corrected chi connectivity index (χ0v) is 22.4. The molecule has 0 saturated heterocycles. The fourth-order valence-corrected chi connectivity index (χ4v) is 4.47. The fourth-order valence-electron chi connectivity index (χ4n) is 4.47. The third-order valence-electron chi connectivity index (χ3n) is 6.27. The van der Waals surface area contributed by atoms with E-state index in [9.17, 15) is 0 Å². The number of hydrogen-bond donors (Lipinski definition) is 0. The molecule has 6 aromatic rings. The largest absolute Gasteiger partial charge is 0.305 e. The molecule has 0 aliphatic carbocycles. The zero-order chi connectivity index (χ0) is 24.2. The van der Waals surface area contributed by atoms with Crippen LogP contribution in [0.15, 0.2) is 140 Å². The third-order valence-corrected chi connectivity index (χ3v) is 6.27. The predicted octanol–water partition coefficient (Wildman–Crippen LogP) is 8.61. The monoisotopic (exact) mass is 652 g/mol. The Morgan fingerprint density at radius 3 is 1.65 bits per heavy atom. The van der Waals surface area contributed by atoms with Crippen molar-refractivity contribution >= 4 is 0 Å². The van der Waals surface area contributed by atoms with Gasteiger partial charge in [-0.3, -0.25) is 4.98 Å². The summed E-state index contributed by atoms with van der Waals surface area (Å²) in [5.74, 6) is 0. The van der Waals surface area contributed by atoms with Gasteiger partial charge in [0.2, 0.25) is 0 Å². The van der Waals surface area contributed by atoms with Crippen LogP contribution in [0.1, 0.15) is 0 Å². The fraction of sp³-hybridized carbons (Fsp3) is 0. The van der Waals surface area contributed by atoms with Gasteiger partial charge in [-0.2, -0.15) is 0 Å². The van der Waals surface area contributed by atoms with Crippen LogP contribution in [-0.2, 0) is 20.1 Å². The van der Waals surface area contributed by atoms with Gasteiger partial charge in [0.25, 0.3) is 0 Å². The number of pyridine rings is 2. The minimum absolute atomic E-state index is 0. The van der Waals surface area contributed by atoms with Gasteiger partial charge in [-0.25, -0.2) is 0 Å².